The second kappa shape index (κ2) is 7.81. The second-order valence-corrected chi connectivity index (χ2v) is 6.74. The Morgan fingerprint density at radius 3 is 2.52 bits per heavy atom. The molecular formula is C17H26ClN2O+. The Balaban J connectivity index is 1.72. The predicted octanol–water partition coefficient (Wildman–Crippen LogP) is 2.66. The molecule has 2 rings (SSSR count). The maximum Gasteiger partial charge on any atom is 0.275 e. The summed E-state index contributed by atoms with van der Waals surface area (Å²) in [5.74, 6) is 0.963. The largest absolute Gasteiger partial charge is 0.348 e. The van der Waals surface area contributed by atoms with Crippen LogP contribution in [0.25, 0.3) is 0 Å². The average Bonchev–Trinajstić information content (AvgIpc) is 2.48. The molecule has 1 fully saturated rings. The van der Waals surface area contributed by atoms with E-state index in [1.165, 1.54) is 18.4 Å². The summed E-state index contributed by atoms with van der Waals surface area (Å²) in [4.78, 5) is 12.0. The molecule has 0 unspecified atom stereocenters. The van der Waals surface area contributed by atoms with Crippen molar-refractivity contribution in [3.05, 3.63) is 34.9 Å². The molecule has 1 aliphatic rings. The van der Waals surface area contributed by atoms with Gasteiger partial charge in [0.1, 0.15) is 6.04 Å². The molecule has 4 heteroatoms. The quantitative estimate of drug-likeness (QED) is 0.863. The average molecular weight is 310 g/mol. The molecule has 21 heavy (non-hydrogen) atoms. The molecule has 0 spiro atoms. The van der Waals surface area contributed by atoms with Crippen LogP contribution in [0.3, 0.4) is 0 Å². The van der Waals surface area contributed by atoms with Crippen LogP contribution in [0.5, 0.6) is 0 Å². The van der Waals surface area contributed by atoms with Crippen LogP contribution >= 0.6 is 11.6 Å². The summed E-state index contributed by atoms with van der Waals surface area (Å²) in [5, 5.41) is 5.98. The van der Waals surface area contributed by atoms with E-state index in [0.29, 0.717) is 12.6 Å². The summed E-state index contributed by atoms with van der Waals surface area (Å²) in [7, 11) is 0. The monoisotopic (exact) mass is 309 g/mol. The Hall–Kier alpha value is -1.06. The SMILES string of the molecule is CC1CCC(NC(=O)C[NH2+][C@@H](C)c2ccc(Cl)cc2)CC1. The number of nitrogens with two attached hydrogens (primary N) is 1. The van der Waals surface area contributed by atoms with E-state index in [1.807, 2.05) is 24.3 Å². The molecule has 0 bridgehead atoms. The van der Waals surface area contributed by atoms with Gasteiger partial charge in [0.25, 0.3) is 5.91 Å². The number of amides is 1. The van der Waals surface area contributed by atoms with Crippen molar-refractivity contribution in [1.29, 1.82) is 0 Å². The van der Waals surface area contributed by atoms with Crippen molar-refractivity contribution in [3.8, 4) is 0 Å². The van der Waals surface area contributed by atoms with E-state index in [2.05, 4.69) is 24.5 Å². The third-order valence-electron chi connectivity index (χ3n) is 4.43. The zero-order valence-electron chi connectivity index (χ0n) is 12.9. The highest BCUT2D eigenvalue weighted by Gasteiger charge is 2.20. The fraction of sp³-hybridized carbons (Fsp3) is 0.588. The fourth-order valence-corrected chi connectivity index (χ4v) is 3.00. The molecule has 0 aliphatic heterocycles. The van der Waals surface area contributed by atoms with E-state index in [1.54, 1.807) is 0 Å². The normalized spacial score (nSPS) is 23.6. The van der Waals surface area contributed by atoms with Gasteiger partial charge in [-0.2, -0.15) is 0 Å². The molecule has 1 atom stereocenters. The summed E-state index contributed by atoms with van der Waals surface area (Å²) in [6.45, 7) is 4.88. The molecule has 1 amide bonds. The smallest absolute Gasteiger partial charge is 0.275 e. The number of carbonyl (C=O) groups is 1. The fourth-order valence-electron chi connectivity index (χ4n) is 2.88. The van der Waals surface area contributed by atoms with Crippen LogP contribution in [0, 0.1) is 5.92 Å². The number of rotatable bonds is 5. The molecule has 3 N–H and O–H groups in total. The number of halogens is 1. The summed E-state index contributed by atoms with van der Waals surface area (Å²) in [6, 6.07) is 8.47. The molecule has 1 saturated carbocycles. The van der Waals surface area contributed by atoms with E-state index in [0.717, 1.165) is 23.8 Å². The van der Waals surface area contributed by atoms with Gasteiger partial charge in [-0.1, -0.05) is 30.7 Å². The van der Waals surface area contributed by atoms with Gasteiger partial charge < -0.3 is 10.6 Å². The minimum Gasteiger partial charge on any atom is -0.348 e. The maximum atomic E-state index is 12.0. The molecule has 0 saturated heterocycles. The molecule has 1 aliphatic carbocycles. The van der Waals surface area contributed by atoms with Crippen molar-refractivity contribution < 1.29 is 10.1 Å². The van der Waals surface area contributed by atoms with Crippen LogP contribution in [0.15, 0.2) is 24.3 Å². The number of nitrogens with one attached hydrogen (secondary N) is 1. The predicted molar refractivity (Wildman–Crippen MR) is 86.2 cm³/mol. The van der Waals surface area contributed by atoms with E-state index >= 15 is 0 Å². The Morgan fingerprint density at radius 1 is 1.29 bits per heavy atom. The molecule has 1 aromatic carbocycles. The molecule has 1 aromatic rings. The molecule has 0 heterocycles. The van der Waals surface area contributed by atoms with E-state index in [4.69, 9.17) is 11.6 Å². The number of quaternary nitrogens is 1. The number of benzene rings is 1. The van der Waals surface area contributed by atoms with Crippen molar-refractivity contribution in [1.82, 2.24) is 5.32 Å². The van der Waals surface area contributed by atoms with E-state index in [9.17, 15) is 4.79 Å². The van der Waals surface area contributed by atoms with Crippen molar-refractivity contribution >= 4 is 17.5 Å². The first-order valence-electron chi connectivity index (χ1n) is 7.92. The molecular weight excluding hydrogens is 284 g/mol. The van der Waals surface area contributed by atoms with Gasteiger partial charge in [0, 0.05) is 16.6 Å². The Bertz CT molecular complexity index is 452. The third kappa shape index (κ3) is 5.33. The summed E-state index contributed by atoms with van der Waals surface area (Å²) in [5.41, 5.74) is 1.19. The van der Waals surface area contributed by atoms with Gasteiger partial charge >= 0.3 is 0 Å². The van der Waals surface area contributed by atoms with E-state index in [-0.39, 0.29) is 11.9 Å². The minimum absolute atomic E-state index is 0.148. The summed E-state index contributed by atoms with van der Waals surface area (Å²) < 4.78 is 0. The zero-order chi connectivity index (χ0) is 15.2. The van der Waals surface area contributed by atoms with Crippen LogP contribution in [-0.4, -0.2) is 18.5 Å². The lowest BCUT2D eigenvalue weighted by atomic mass is 9.87. The summed E-state index contributed by atoms with van der Waals surface area (Å²) >= 11 is 5.89. The van der Waals surface area contributed by atoms with Gasteiger partial charge in [-0.25, -0.2) is 0 Å². The second-order valence-electron chi connectivity index (χ2n) is 6.30. The Kier molecular flexibility index (Phi) is 6.07. The third-order valence-corrected chi connectivity index (χ3v) is 4.69. The van der Waals surface area contributed by atoms with Crippen LogP contribution in [0.4, 0.5) is 0 Å². The van der Waals surface area contributed by atoms with Gasteiger partial charge in [-0.3, -0.25) is 4.79 Å². The van der Waals surface area contributed by atoms with Gasteiger partial charge in [0.2, 0.25) is 0 Å². The molecule has 3 nitrogen and oxygen atoms in total. The first kappa shape index (κ1) is 16.3. The summed E-state index contributed by atoms with van der Waals surface area (Å²) in [6.07, 6.45) is 4.71. The van der Waals surface area contributed by atoms with Crippen LogP contribution in [0.2, 0.25) is 5.02 Å². The topological polar surface area (TPSA) is 45.7 Å². The van der Waals surface area contributed by atoms with Gasteiger partial charge in [0.05, 0.1) is 0 Å². The van der Waals surface area contributed by atoms with Gasteiger partial charge in [-0.05, 0) is 50.7 Å². The first-order chi connectivity index (χ1) is 10.0. The van der Waals surface area contributed by atoms with Gasteiger partial charge in [0.15, 0.2) is 6.54 Å². The lowest BCUT2D eigenvalue weighted by molar-refractivity contribution is -0.682. The minimum atomic E-state index is 0.148. The molecule has 0 radical (unpaired) electrons. The van der Waals surface area contributed by atoms with Crippen LogP contribution in [0.1, 0.15) is 51.1 Å². The van der Waals surface area contributed by atoms with Gasteiger partial charge in [-0.15, -0.1) is 0 Å². The highest BCUT2D eigenvalue weighted by Crippen LogP contribution is 2.23. The Morgan fingerprint density at radius 2 is 1.90 bits per heavy atom. The lowest BCUT2D eigenvalue weighted by Gasteiger charge is -2.26. The number of hydrogen-bond acceptors (Lipinski definition) is 1. The zero-order valence-corrected chi connectivity index (χ0v) is 13.7. The molecule has 0 aromatic heterocycles. The maximum absolute atomic E-state index is 12.0. The highest BCUT2D eigenvalue weighted by molar-refractivity contribution is 6.30. The number of carbonyl (C=O) groups excluding carboxylic acids is 1. The standard InChI is InChI=1S/C17H25ClN2O/c1-12-3-9-16(10-4-12)20-17(21)11-19-13(2)14-5-7-15(18)8-6-14/h5-8,12-13,16,19H,3-4,9-11H2,1-2H3,(H,20,21)/p+1/t12?,13-,16?/m0/s1. The van der Waals surface area contributed by atoms with Crippen molar-refractivity contribution in [2.75, 3.05) is 6.54 Å². The van der Waals surface area contributed by atoms with Crippen molar-refractivity contribution in [2.45, 2.75) is 51.6 Å². The van der Waals surface area contributed by atoms with Crippen molar-refractivity contribution in [3.63, 3.8) is 0 Å². The van der Waals surface area contributed by atoms with Crippen LogP contribution in [-0.2, 0) is 4.79 Å². The molecule has 116 valence electrons. The van der Waals surface area contributed by atoms with E-state index < -0.39 is 0 Å². The van der Waals surface area contributed by atoms with Crippen molar-refractivity contribution in [2.24, 2.45) is 5.92 Å². The Labute approximate surface area is 132 Å². The first-order valence-corrected chi connectivity index (χ1v) is 8.30. The van der Waals surface area contributed by atoms with Crippen LogP contribution < -0.4 is 10.6 Å². The lowest BCUT2D eigenvalue weighted by Crippen LogP contribution is -2.87. The number of hydrogen-bond donors (Lipinski definition) is 2. The highest BCUT2D eigenvalue weighted by atomic mass is 35.5.